The molecule has 0 aromatic heterocycles. The quantitative estimate of drug-likeness (QED) is 0.828. The van der Waals surface area contributed by atoms with E-state index in [0.29, 0.717) is 19.0 Å². The fourth-order valence-corrected chi connectivity index (χ4v) is 2.00. The topological polar surface area (TPSA) is 58.4 Å². The van der Waals surface area contributed by atoms with Crippen LogP contribution in [0, 0.1) is 0 Å². The zero-order valence-corrected chi connectivity index (χ0v) is 10.4. The standard InChI is InChI=1S/C13H19N3O/c1-9(8-14)16(2)11-4-5-12-10(7-11)3-6-13(17)15-12/h4-5,7,9H,3,6,8,14H2,1-2H3,(H,15,17). The minimum atomic E-state index is 0.105. The lowest BCUT2D eigenvalue weighted by Gasteiger charge is -2.27. The third-order valence-corrected chi connectivity index (χ3v) is 3.39. The molecule has 4 nitrogen and oxygen atoms in total. The van der Waals surface area contributed by atoms with Gasteiger partial charge in [-0.25, -0.2) is 0 Å². The number of nitrogens with one attached hydrogen (secondary N) is 1. The molecule has 0 saturated heterocycles. The Morgan fingerprint density at radius 1 is 1.47 bits per heavy atom. The van der Waals surface area contributed by atoms with E-state index in [1.165, 1.54) is 5.56 Å². The third kappa shape index (κ3) is 2.42. The highest BCUT2D eigenvalue weighted by Gasteiger charge is 2.16. The normalized spacial score (nSPS) is 16.1. The van der Waals surface area contributed by atoms with Crippen LogP contribution < -0.4 is 16.0 Å². The molecule has 2 rings (SSSR count). The summed E-state index contributed by atoms with van der Waals surface area (Å²) in [6.45, 7) is 2.73. The summed E-state index contributed by atoms with van der Waals surface area (Å²) in [6.07, 6.45) is 1.40. The molecule has 1 atom stereocenters. The number of rotatable bonds is 3. The summed E-state index contributed by atoms with van der Waals surface area (Å²) in [5, 5.41) is 2.89. The van der Waals surface area contributed by atoms with Crippen molar-refractivity contribution in [3.05, 3.63) is 23.8 Å². The molecule has 1 heterocycles. The number of hydrogen-bond acceptors (Lipinski definition) is 3. The maximum absolute atomic E-state index is 11.3. The third-order valence-electron chi connectivity index (χ3n) is 3.39. The molecular formula is C13H19N3O. The second-order valence-electron chi connectivity index (χ2n) is 4.59. The number of hydrogen-bond donors (Lipinski definition) is 2. The summed E-state index contributed by atoms with van der Waals surface area (Å²) in [7, 11) is 2.04. The van der Waals surface area contributed by atoms with Crippen LogP contribution in [-0.2, 0) is 11.2 Å². The van der Waals surface area contributed by atoms with Crippen molar-refractivity contribution in [2.75, 3.05) is 23.8 Å². The molecule has 0 saturated carbocycles. The zero-order valence-electron chi connectivity index (χ0n) is 10.4. The van der Waals surface area contributed by atoms with Crippen molar-refractivity contribution in [1.82, 2.24) is 0 Å². The first-order valence-corrected chi connectivity index (χ1v) is 5.97. The second-order valence-corrected chi connectivity index (χ2v) is 4.59. The van der Waals surface area contributed by atoms with Crippen LogP contribution in [0.4, 0.5) is 11.4 Å². The molecule has 0 spiro atoms. The molecule has 1 amide bonds. The van der Waals surface area contributed by atoms with E-state index in [9.17, 15) is 4.79 Å². The van der Waals surface area contributed by atoms with Gasteiger partial charge in [0.2, 0.25) is 5.91 Å². The zero-order chi connectivity index (χ0) is 12.4. The first-order valence-electron chi connectivity index (χ1n) is 5.97. The van der Waals surface area contributed by atoms with Crippen molar-refractivity contribution in [3.63, 3.8) is 0 Å². The van der Waals surface area contributed by atoms with Crippen LogP contribution in [0.1, 0.15) is 18.9 Å². The molecule has 0 bridgehead atoms. The Labute approximate surface area is 102 Å². The summed E-state index contributed by atoms with van der Waals surface area (Å²) in [5.74, 6) is 0.105. The summed E-state index contributed by atoms with van der Waals surface area (Å²) in [5.41, 5.74) is 8.97. The van der Waals surface area contributed by atoms with Gasteiger partial charge in [-0.2, -0.15) is 0 Å². The van der Waals surface area contributed by atoms with Gasteiger partial charge in [0, 0.05) is 37.4 Å². The molecule has 3 N–H and O–H groups in total. The smallest absolute Gasteiger partial charge is 0.224 e. The Morgan fingerprint density at radius 2 is 2.24 bits per heavy atom. The highest BCUT2D eigenvalue weighted by molar-refractivity contribution is 5.94. The summed E-state index contributed by atoms with van der Waals surface area (Å²) in [4.78, 5) is 13.4. The summed E-state index contributed by atoms with van der Waals surface area (Å²) >= 11 is 0. The lowest BCUT2D eigenvalue weighted by atomic mass is 10.0. The van der Waals surface area contributed by atoms with Crippen molar-refractivity contribution in [2.45, 2.75) is 25.8 Å². The van der Waals surface area contributed by atoms with E-state index in [1.54, 1.807) is 0 Å². The number of amides is 1. The molecule has 1 aliphatic heterocycles. The Balaban J connectivity index is 2.24. The SMILES string of the molecule is CC(CN)N(C)c1ccc2c(c1)CCC(=O)N2. The molecule has 1 aliphatic rings. The van der Waals surface area contributed by atoms with E-state index in [4.69, 9.17) is 5.73 Å². The number of fused-ring (bicyclic) bond motifs is 1. The van der Waals surface area contributed by atoms with Gasteiger partial charge in [-0.1, -0.05) is 0 Å². The number of carbonyl (C=O) groups excluding carboxylic acids is 1. The average molecular weight is 233 g/mol. The molecular weight excluding hydrogens is 214 g/mol. The van der Waals surface area contributed by atoms with Crippen LogP contribution in [-0.4, -0.2) is 25.5 Å². The Bertz CT molecular complexity index is 431. The summed E-state index contributed by atoms with van der Waals surface area (Å²) in [6, 6.07) is 6.45. The van der Waals surface area contributed by atoms with E-state index in [0.717, 1.165) is 17.8 Å². The Hall–Kier alpha value is -1.55. The first-order chi connectivity index (χ1) is 8.11. The molecule has 1 unspecified atom stereocenters. The average Bonchev–Trinajstić information content (AvgIpc) is 2.36. The van der Waals surface area contributed by atoms with Crippen LogP contribution in [0.5, 0.6) is 0 Å². The number of nitrogens with zero attached hydrogens (tertiary/aromatic N) is 1. The van der Waals surface area contributed by atoms with Crippen molar-refractivity contribution in [2.24, 2.45) is 5.73 Å². The Morgan fingerprint density at radius 3 is 2.94 bits per heavy atom. The minimum absolute atomic E-state index is 0.105. The van der Waals surface area contributed by atoms with Crippen LogP contribution in [0.15, 0.2) is 18.2 Å². The van der Waals surface area contributed by atoms with Gasteiger partial charge in [0.05, 0.1) is 0 Å². The predicted octanol–water partition coefficient (Wildman–Crippen LogP) is 1.35. The molecule has 1 aromatic carbocycles. The van der Waals surface area contributed by atoms with Gasteiger partial charge in [-0.05, 0) is 37.1 Å². The molecule has 1 aromatic rings. The van der Waals surface area contributed by atoms with Crippen LogP contribution in [0.25, 0.3) is 0 Å². The van der Waals surface area contributed by atoms with E-state index in [-0.39, 0.29) is 5.91 Å². The van der Waals surface area contributed by atoms with Crippen molar-refractivity contribution in [3.8, 4) is 0 Å². The fourth-order valence-electron chi connectivity index (χ4n) is 2.00. The van der Waals surface area contributed by atoms with Gasteiger partial charge in [0.25, 0.3) is 0 Å². The van der Waals surface area contributed by atoms with Gasteiger partial charge in [0.1, 0.15) is 0 Å². The largest absolute Gasteiger partial charge is 0.371 e. The van der Waals surface area contributed by atoms with Crippen molar-refractivity contribution < 1.29 is 4.79 Å². The van der Waals surface area contributed by atoms with E-state index >= 15 is 0 Å². The molecule has 17 heavy (non-hydrogen) atoms. The molecule has 0 fully saturated rings. The number of aryl methyl sites for hydroxylation is 1. The summed E-state index contributed by atoms with van der Waals surface area (Å²) < 4.78 is 0. The molecule has 0 radical (unpaired) electrons. The highest BCUT2D eigenvalue weighted by Crippen LogP contribution is 2.27. The van der Waals surface area contributed by atoms with Gasteiger partial charge in [-0.3, -0.25) is 4.79 Å². The monoisotopic (exact) mass is 233 g/mol. The number of anilines is 2. The van der Waals surface area contributed by atoms with E-state index in [2.05, 4.69) is 23.2 Å². The van der Waals surface area contributed by atoms with Gasteiger partial charge in [-0.15, -0.1) is 0 Å². The van der Waals surface area contributed by atoms with E-state index < -0.39 is 0 Å². The van der Waals surface area contributed by atoms with Gasteiger partial charge < -0.3 is 16.0 Å². The van der Waals surface area contributed by atoms with Gasteiger partial charge >= 0.3 is 0 Å². The van der Waals surface area contributed by atoms with Gasteiger partial charge in [0.15, 0.2) is 0 Å². The lowest BCUT2D eigenvalue weighted by molar-refractivity contribution is -0.116. The maximum Gasteiger partial charge on any atom is 0.224 e. The van der Waals surface area contributed by atoms with Crippen LogP contribution in [0.2, 0.25) is 0 Å². The second kappa shape index (κ2) is 4.75. The molecule has 92 valence electrons. The number of nitrogens with two attached hydrogens (primary N) is 1. The number of benzene rings is 1. The molecule has 0 aliphatic carbocycles. The molecule has 4 heteroatoms. The van der Waals surface area contributed by atoms with E-state index in [1.807, 2.05) is 19.2 Å². The number of carbonyl (C=O) groups is 1. The predicted molar refractivity (Wildman–Crippen MR) is 70.3 cm³/mol. The van der Waals surface area contributed by atoms with Crippen LogP contribution in [0.3, 0.4) is 0 Å². The lowest BCUT2D eigenvalue weighted by Crippen LogP contribution is -2.35. The maximum atomic E-state index is 11.3. The Kier molecular flexibility index (Phi) is 3.33. The minimum Gasteiger partial charge on any atom is -0.371 e. The van der Waals surface area contributed by atoms with Crippen LogP contribution >= 0.6 is 0 Å². The number of likely N-dealkylation sites (N-methyl/N-ethyl adjacent to an activating group) is 1. The fraction of sp³-hybridized carbons (Fsp3) is 0.462. The van der Waals surface area contributed by atoms with Crippen molar-refractivity contribution in [1.29, 1.82) is 0 Å². The first kappa shape index (κ1) is 11.9. The van der Waals surface area contributed by atoms with Crippen molar-refractivity contribution >= 4 is 17.3 Å². The highest BCUT2D eigenvalue weighted by atomic mass is 16.1.